The van der Waals surface area contributed by atoms with Crippen LogP contribution in [0, 0.1) is 11.8 Å². The smallest absolute Gasteiger partial charge is 0.227 e. The Morgan fingerprint density at radius 2 is 1.94 bits per heavy atom. The number of carbonyl (C=O) groups is 1. The summed E-state index contributed by atoms with van der Waals surface area (Å²) in [6.45, 7) is 6.21. The maximum absolute atomic E-state index is 12.6. The largest absolute Gasteiger partial charge is 0.342 e. The van der Waals surface area contributed by atoms with Crippen LogP contribution >= 0.6 is 0 Å². The first kappa shape index (κ1) is 13.9. The van der Waals surface area contributed by atoms with Crippen molar-refractivity contribution in [2.24, 2.45) is 17.6 Å². The van der Waals surface area contributed by atoms with Crippen LogP contribution < -0.4 is 5.73 Å². The van der Waals surface area contributed by atoms with E-state index in [2.05, 4.69) is 18.7 Å². The van der Waals surface area contributed by atoms with Gasteiger partial charge in [0.25, 0.3) is 0 Å². The molecule has 2 N–H and O–H groups in total. The highest BCUT2D eigenvalue weighted by molar-refractivity contribution is 5.80. The van der Waals surface area contributed by atoms with Gasteiger partial charge in [-0.25, -0.2) is 0 Å². The highest BCUT2D eigenvalue weighted by Crippen LogP contribution is 2.34. The summed E-state index contributed by atoms with van der Waals surface area (Å²) in [4.78, 5) is 14.7. The van der Waals surface area contributed by atoms with E-state index in [1.54, 1.807) is 0 Å². The van der Waals surface area contributed by atoms with E-state index < -0.39 is 0 Å². The number of rotatable bonds is 2. The number of hydrogen-bond donors (Lipinski definition) is 1. The lowest BCUT2D eigenvalue weighted by Gasteiger charge is -2.41. The lowest BCUT2D eigenvalue weighted by molar-refractivity contribution is -0.140. The summed E-state index contributed by atoms with van der Waals surface area (Å²) in [5.74, 6) is 1.21. The molecule has 0 aromatic rings. The Labute approximate surface area is 111 Å². The fourth-order valence-electron chi connectivity index (χ4n) is 3.55. The van der Waals surface area contributed by atoms with E-state index in [1.807, 2.05) is 0 Å². The topological polar surface area (TPSA) is 46.3 Å². The Hall–Kier alpha value is -0.570. The third-order valence-corrected chi connectivity index (χ3v) is 5.06. The number of nitrogens with two attached hydrogens (primary N) is 1. The van der Waals surface area contributed by atoms with Gasteiger partial charge in [-0.15, -0.1) is 0 Å². The quantitative estimate of drug-likeness (QED) is 0.821. The molecular weight excluding hydrogens is 224 g/mol. The second kappa shape index (κ2) is 5.60. The molecule has 0 bridgehead atoms. The first-order valence-electron chi connectivity index (χ1n) is 7.62. The molecule has 0 aromatic heterocycles. The van der Waals surface area contributed by atoms with E-state index in [4.69, 9.17) is 5.73 Å². The highest BCUT2D eigenvalue weighted by Gasteiger charge is 2.40. The van der Waals surface area contributed by atoms with Crippen molar-refractivity contribution in [2.45, 2.75) is 64.3 Å². The van der Waals surface area contributed by atoms with Crippen molar-refractivity contribution in [3.8, 4) is 0 Å². The normalized spacial score (nSPS) is 34.6. The van der Waals surface area contributed by atoms with Gasteiger partial charge in [0, 0.05) is 18.6 Å². The molecule has 0 spiro atoms. The van der Waals surface area contributed by atoms with Gasteiger partial charge >= 0.3 is 0 Å². The van der Waals surface area contributed by atoms with E-state index >= 15 is 0 Å². The minimum absolute atomic E-state index is 0.0597. The number of piperidine rings is 1. The molecule has 3 heteroatoms. The van der Waals surface area contributed by atoms with Crippen LogP contribution in [0.25, 0.3) is 0 Å². The fraction of sp³-hybridized carbons (Fsp3) is 0.933. The predicted octanol–water partition coefficient (Wildman–Crippen LogP) is 2.54. The average molecular weight is 252 g/mol. The Bertz CT molecular complexity index is 293. The number of hydrogen-bond acceptors (Lipinski definition) is 2. The maximum atomic E-state index is 12.6. The van der Waals surface area contributed by atoms with E-state index in [-0.39, 0.29) is 11.5 Å². The molecule has 1 amide bonds. The van der Waals surface area contributed by atoms with Crippen molar-refractivity contribution in [1.29, 1.82) is 0 Å². The molecule has 2 rings (SSSR count). The van der Waals surface area contributed by atoms with E-state index in [0.717, 1.165) is 38.3 Å². The fourth-order valence-corrected chi connectivity index (χ4v) is 3.55. The van der Waals surface area contributed by atoms with E-state index in [1.165, 1.54) is 25.7 Å². The summed E-state index contributed by atoms with van der Waals surface area (Å²) >= 11 is 0. The van der Waals surface area contributed by atoms with Crippen molar-refractivity contribution >= 4 is 5.91 Å². The van der Waals surface area contributed by atoms with Gasteiger partial charge in [0.1, 0.15) is 0 Å². The molecule has 104 valence electrons. The molecule has 0 aromatic carbocycles. The van der Waals surface area contributed by atoms with Gasteiger partial charge in [-0.1, -0.05) is 26.2 Å². The standard InChI is InChI=1S/C15H28N2O/c1-3-12-7-10-17(11-8-12)14(18)13-6-4-5-9-15(13,2)16/h12-13H,3-11,16H2,1-2H3. The highest BCUT2D eigenvalue weighted by atomic mass is 16.2. The molecule has 1 aliphatic heterocycles. The second-order valence-electron chi connectivity index (χ2n) is 6.48. The Balaban J connectivity index is 1.95. The van der Waals surface area contributed by atoms with Crippen LogP contribution in [0.4, 0.5) is 0 Å². The Morgan fingerprint density at radius 3 is 2.50 bits per heavy atom. The van der Waals surface area contributed by atoms with Crippen LogP contribution in [-0.2, 0) is 4.79 Å². The van der Waals surface area contributed by atoms with Crippen molar-refractivity contribution in [1.82, 2.24) is 4.90 Å². The van der Waals surface area contributed by atoms with Gasteiger partial charge < -0.3 is 10.6 Å². The summed E-state index contributed by atoms with van der Waals surface area (Å²) in [5, 5.41) is 0. The lowest BCUT2D eigenvalue weighted by atomic mass is 9.73. The molecule has 1 heterocycles. The molecule has 3 nitrogen and oxygen atoms in total. The number of amides is 1. The lowest BCUT2D eigenvalue weighted by Crippen LogP contribution is -2.54. The monoisotopic (exact) mass is 252 g/mol. The molecule has 2 atom stereocenters. The zero-order valence-corrected chi connectivity index (χ0v) is 12.0. The summed E-state index contributed by atoms with van der Waals surface area (Å²) in [5.41, 5.74) is 6.05. The number of carbonyl (C=O) groups excluding carboxylic acids is 1. The minimum Gasteiger partial charge on any atom is -0.342 e. The molecular formula is C15H28N2O. The van der Waals surface area contributed by atoms with Gasteiger partial charge in [-0.3, -0.25) is 4.79 Å². The zero-order valence-electron chi connectivity index (χ0n) is 12.0. The Kier molecular flexibility index (Phi) is 4.31. The molecule has 2 fully saturated rings. The molecule has 2 unspecified atom stereocenters. The SMILES string of the molecule is CCC1CCN(C(=O)C2CCCCC2(C)N)CC1. The van der Waals surface area contributed by atoms with E-state index in [9.17, 15) is 4.79 Å². The Morgan fingerprint density at radius 1 is 1.28 bits per heavy atom. The number of nitrogens with zero attached hydrogens (tertiary/aromatic N) is 1. The van der Waals surface area contributed by atoms with Crippen LogP contribution in [0.5, 0.6) is 0 Å². The van der Waals surface area contributed by atoms with Crippen LogP contribution in [0.15, 0.2) is 0 Å². The molecule has 0 radical (unpaired) electrons. The summed E-state index contributed by atoms with van der Waals surface area (Å²) in [6, 6.07) is 0. The summed E-state index contributed by atoms with van der Waals surface area (Å²) < 4.78 is 0. The number of likely N-dealkylation sites (tertiary alicyclic amines) is 1. The van der Waals surface area contributed by atoms with Crippen molar-refractivity contribution in [3.05, 3.63) is 0 Å². The average Bonchev–Trinajstić information content (AvgIpc) is 2.37. The van der Waals surface area contributed by atoms with Gasteiger partial charge in [-0.2, -0.15) is 0 Å². The molecule has 2 aliphatic rings. The third-order valence-electron chi connectivity index (χ3n) is 5.06. The first-order valence-corrected chi connectivity index (χ1v) is 7.62. The van der Waals surface area contributed by atoms with E-state index in [0.29, 0.717) is 5.91 Å². The predicted molar refractivity (Wildman–Crippen MR) is 74.1 cm³/mol. The van der Waals surface area contributed by atoms with Crippen LogP contribution in [0.2, 0.25) is 0 Å². The van der Waals surface area contributed by atoms with Crippen LogP contribution in [0.1, 0.15) is 58.8 Å². The van der Waals surface area contributed by atoms with Crippen LogP contribution in [-0.4, -0.2) is 29.4 Å². The third kappa shape index (κ3) is 2.87. The molecule has 1 saturated heterocycles. The van der Waals surface area contributed by atoms with Crippen molar-refractivity contribution in [2.75, 3.05) is 13.1 Å². The second-order valence-corrected chi connectivity index (χ2v) is 6.48. The van der Waals surface area contributed by atoms with Crippen LogP contribution in [0.3, 0.4) is 0 Å². The maximum Gasteiger partial charge on any atom is 0.227 e. The summed E-state index contributed by atoms with van der Waals surface area (Å²) in [6.07, 6.45) is 7.92. The first-order chi connectivity index (χ1) is 8.54. The van der Waals surface area contributed by atoms with Crippen molar-refractivity contribution in [3.63, 3.8) is 0 Å². The minimum atomic E-state index is -0.281. The van der Waals surface area contributed by atoms with Gasteiger partial charge in [-0.05, 0) is 38.5 Å². The van der Waals surface area contributed by atoms with Crippen molar-refractivity contribution < 1.29 is 4.79 Å². The van der Waals surface area contributed by atoms with Gasteiger partial charge in [0.05, 0.1) is 5.92 Å². The summed E-state index contributed by atoms with van der Waals surface area (Å²) in [7, 11) is 0. The zero-order chi connectivity index (χ0) is 13.2. The molecule has 18 heavy (non-hydrogen) atoms. The van der Waals surface area contributed by atoms with Gasteiger partial charge in [0.2, 0.25) is 5.91 Å². The molecule has 1 aliphatic carbocycles. The molecule has 1 saturated carbocycles. The van der Waals surface area contributed by atoms with Gasteiger partial charge in [0.15, 0.2) is 0 Å².